The number of allylic oxidation sites excluding steroid dienone is 1. The Bertz CT molecular complexity index is 409. The Kier molecular flexibility index (Phi) is 5.63. The minimum absolute atomic E-state index is 0. The normalized spacial score (nSPS) is 12.0. The van der Waals surface area contributed by atoms with E-state index in [1.54, 1.807) is 24.3 Å². The SMILES string of the molecule is CC(=Cc1ccccc1)S(=O)(=O)[O-].[Na+]. The number of hydrogen-bond donors (Lipinski definition) is 0. The molecule has 14 heavy (non-hydrogen) atoms. The Morgan fingerprint density at radius 1 is 1.29 bits per heavy atom. The van der Waals surface area contributed by atoms with Crippen LogP contribution in [0.3, 0.4) is 0 Å². The van der Waals surface area contributed by atoms with Crippen molar-refractivity contribution in [3.8, 4) is 0 Å². The summed E-state index contributed by atoms with van der Waals surface area (Å²) >= 11 is 0. The van der Waals surface area contributed by atoms with E-state index in [1.807, 2.05) is 6.07 Å². The molecular formula is C9H9NaO3S. The third-order valence-corrected chi connectivity index (χ3v) is 2.47. The molecule has 0 bridgehead atoms. The fraction of sp³-hybridized carbons (Fsp3) is 0.111. The molecule has 0 atom stereocenters. The first-order chi connectivity index (χ1) is 6.00. The van der Waals surface area contributed by atoms with Gasteiger partial charge < -0.3 is 4.55 Å². The molecule has 0 fully saturated rings. The van der Waals surface area contributed by atoms with Gasteiger partial charge in [0, 0.05) is 4.91 Å². The molecular weight excluding hydrogens is 211 g/mol. The second kappa shape index (κ2) is 5.68. The molecule has 0 heterocycles. The van der Waals surface area contributed by atoms with Gasteiger partial charge in [0.2, 0.25) is 0 Å². The van der Waals surface area contributed by atoms with Crippen LogP contribution in [0.25, 0.3) is 6.08 Å². The number of benzene rings is 1. The first-order valence-corrected chi connectivity index (χ1v) is 5.10. The molecule has 1 aromatic rings. The summed E-state index contributed by atoms with van der Waals surface area (Å²) in [7, 11) is -4.29. The van der Waals surface area contributed by atoms with Gasteiger partial charge in [0.05, 0.1) is 0 Å². The number of rotatable bonds is 2. The predicted molar refractivity (Wildman–Crippen MR) is 49.8 cm³/mol. The molecule has 0 amide bonds. The van der Waals surface area contributed by atoms with Crippen LogP contribution < -0.4 is 29.6 Å². The van der Waals surface area contributed by atoms with E-state index in [9.17, 15) is 13.0 Å². The molecule has 0 radical (unpaired) electrons. The average Bonchev–Trinajstić information content (AvgIpc) is 2.04. The molecule has 0 saturated carbocycles. The van der Waals surface area contributed by atoms with E-state index in [1.165, 1.54) is 13.0 Å². The first-order valence-electron chi connectivity index (χ1n) is 3.69. The van der Waals surface area contributed by atoms with Gasteiger partial charge in [-0.1, -0.05) is 30.3 Å². The molecule has 0 unspecified atom stereocenters. The third kappa shape index (κ3) is 4.39. The maximum atomic E-state index is 10.5. The van der Waals surface area contributed by atoms with E-state index in [-0.39, 0.29) is 34.5 Å². The van der Waals surface area contributed by atoms with Gasteiger partial charge in [0.1, 0.15) is 10.1 Å². The van der Waals surface area contributed by atoms with Crippen molar-refractivity contribution in [3.05, 3.63) is 40.8 Å². The molecule has 0 aromatic heterocycles. The largest absolute Gasteiger partial charge is 1.00 e. The van der Waals surface area contributed by atoms with Crippen LogP contribution in [-0.4, -0.2) is 13.0 Å². The maximum Gasteiger partial charge on any atom is 1.00 e. The maximum absolute atomic E-state index is 10.5. The Balaban J connectivity index is 0.00000169. The summed E-state index contributed by atoms with van der Waals surface area (Å²) in [6.45, 7) is 1.29. The molecule has 70 valence electrons. The summed E-state index contributed by atoms with van der Waals surface area (Å²) in [5.41, 5.74) is 0.708. The Morgan fingerprint density at radius 2 is 1.79 bits per heavy atom. The zero-order valence-corrected chi connectivity index (χ0v) is 10.9. The van der Waals surface area contributed by atoms with E-state index in [0.717, 1.165) is 0 Å². The van der Waals surface area contributed by atoms with Gasteiger partial charge in [-0.25, -0.2) is 8.42 Å². The Hall–Kier alpha value is -0.130. The van der Waals surface area contributed by atoms with E-state index < -0.39 is 10.1 Å². The van der Waals surface area contributed by atoms with E-state index in [2.05, 4.69) is 0 Å². The van der Waals surface area contributed by atoms with Gasteiger partial charge in [0.15, 0.2) is 0 Å². The summed E-state index contributed by atoms with van der Waals surface area (Å²) < 4.78 is 31.5. The van der Waals surface area contributed by atoms with Crippen LogP contribution in [0.2, 0.25) is 0 Å². The summed E-state index contributed by atoms with van der Waals surface area (Å²) in [6, 6.07) is 8.83. The van der Waals surface area contributed by atoms with Crippen molar-refractivity contribution in [1.82, 2.24) is 0 Å². The topological polar surface area (TPSA) is 57.2 Å². The summed E-state index contributed by atoms with van der Waals surface area (Å²) in [5.74, 6) is 0. The van der Waals surface area contributed by atoms with Crippen LogP contribution in [0.15, 0.2) is 35.2 Å². The molecule has 0 spiro atoms. The van der Waals surface area contributed by atoms with Gasteiger partial charge in [-0.2, -0.15) is 0 Å². The molecule has 0 saturated heterocycles. The van der Waals surface area contributed by atoms with E-state index in [0.29, 0.717) is 5.56 Å². The van der Waals surface area contributed by atoms with Crippen LogP contribution >= 0.6 is 0 Å². The quantitative estimate of drug-likeness (QED) is 0.455. The van der Waals surface area contributed by atoms with Gasteiger partial charge in [-0.15, -0.1) is 0 Å². The standard InChI is InChI=1S/C9H10O3S.Na/c1-8(13(10,11)12)7-9-5-3-2-4-6-9;/h2-7H,1H3,(H,10,11,12);/q;+1/p-1. The van der Waals surface area contributed by atoms with Gasteiger partial charge in [-0.3, -0.25) is 0 Å². The Morgan fingerprint density at radius 3 is 2.21 bits per heavy atom. The zero-order valence-electron chi connectivity index (χ0n) is 8.10. The summed E-state index contributed by atoms with van der Waals surface area (Å²) in [4.78, 5) is -0.168. The summed E-state index contributed by atoms with van der Waals surface area (Å²) in [5, 5.41) is 0. The monoisotopic (exact) mass is 220 g/mol. The van der Waals surface area contributed by atoms with E-state index >= 15 is 0 Å². The van der Waals surface area contributed by atoms with Gasteiger partial charge in [0.25, 0.3) is 0 Å². The second-order valence-corrected chi connectivity index (χ2v) is 4.17. The van der Waals surface area contributed by atoms with Crippen molar-refractivity contribution in [2.45, 2.75) is 6.92 Å². The second-order valence-electron chi connectivity index (χ2n) is 2.62. The van der Waals surface area contributed by atoms with Crippen LogP contribution in [0.1, 0.15) is 12.5 Å². The Labute approximate surface area is 106 Å². The smallest absolute Gasteiger partial charge is 0.744 e. The summed E-state index contributed by atoms with van der Waals surface area (Å²) in [6.07, 6.45) is 1.35. The minimum atomic E-state index is -4.29. The van der Waals surface area contributed by atoms with Crippen LogP contribution in [0.4, 0.5) is 0 Å². The van der Waals surface area contributed by atoms with Crippen molar-refractivity contribution in [1.29, 1.82) is 0 Å². The van der Waals surface area contributed by atoms with Crippen molar-refractivity contribution in [2.75, 3.05) is 0 Å². The zero-order chi connectivity index (χ0) is 9.90. The van der Waals surface area contributed by atoms with Crippen LogP contribution in [0, 0.1) is 0 Å². The molecule has 1 rings (SSSR count). The number of hydrogen-bond acceptors (Lipinski definition) is 3. The molecule has 0 aliphatic carbocycles. The molecule has 3 nitrogen and oxygen atoms in total. The van der Waals surface area contributed by atoms with Crippen molar-refractivity contribution in [3.63, 3.8) is 0 Å². The van der Waals surface area contributed by atoms with Crippen molar-refractivity contribution < 1.29 is 42.5 Å². The molecule has 0 aliphatic heterocycles. The fourth-order valence-corrected chi connectivity index (χ4v) is 1.14. The molecule has 0 N–H and O–H groups in total. The van der Waals surface area contributed by atoms with E-state index in [4.69, 9.17) is 0 Å². The molecule has 1 aromatic carbocycles. The average molecular weight is 220 g/mol. The van der Waals surface area contributed by atoms with Crippen molar-refractivity contribution in [2.24, 2.45) is 0 Å². The molecule has 0 aliphatic rings. The van der Waals surface area contributed by atoms with Crippen LogP contribution in [-0.2, 0) is 10.1 Å². The van der Waals surface area contributed by atoms with Crippen molar-refractivity contribution >= 4 is 16.2 Å². The minimum Gasteiger partial charge on any atom is -0.744 e. The third-order valence-electron chi connectivity index (χ3n) is 1.56. The predicted octanol–water partition coefficient (Wildman–Crippen LogP) is -1.40. The van der Waals surface area contributed by atoms with Crippen LogP contribution in [0.5, 0.6) is 0 Å². The van der Waals surface area contributed by atoms with Gasteiger partial charge >= 0.3 is 29.6 Å². The van der Waals surface area contributed by atoms with Gasteiger partial charge in [-0.05, 0) is 18.6 Å². The molecule has 5 heteroatoms. The first kappa shape index (κ1) is 13.9. The fourth-order valence-electron chi connectivity index (χ4n) is 0.856.